The summed E-state index contributed by atoms with van der Waals surface area (Å²) >= 11 is 0. The second-order valence-corrected chi connectivity index (χ2v) is 6.36. The molecular formula is C19H23N3O3. The van der Waals surface area contributed by atoms with E-state index in [1.54, 1.807) is 7.11 Å². The maximum Gasteiger partial charge on any atom is 0.231 e. The Morgan fingerprint density at radius 2 is 2.08 bits per heavy atom. The predicted octanol–water partition coefficient (Wildman–Crippen LogP) is 1.98. The van der Waals surface area contributed by atoms with Crippen molar-refractivity contribution in [1.82, 2.24) is 16.2 Å². The van der Waals surface area contributed by atoms with Crippen LogP contribution in [0, 0.1) is 5.92 Å². The number of methoxy groups -OCH3 is 1. The van der Waals surface area contributed by atoms with Gasteiger partial charge in [0.25, 0.3) is 0 Å². The van der Waals surface area contributed by atoms with Gasteiger partial charge in [-0.2, -0.15) is 0 Å². The minimum absolute atomic E-state index is 0.243. The van der Waals surface area contributed by atoms with Crippen LogP contribution >= 0.6 is 0 Å². The first-order valence-corrected chi connectivity index (χ1v) is 8.55. The molecule has 2 aromatic rings. The van der Waals surface area contributed by atoms with E-state index in [4.69, 9.17) is 14.2 Å². The Morgan fingerprint density at radius 1 is 1.16 bits per heavy atom. The highest BCUT2D eigenvalue weighted by molar-refractivity contribution is 5.45. The van der Waals surface area contributed by atoms with Gasteiger partial charge in [0, 0.05) is 25.6 Å². The Bertz CT molecular complexity index is 738. The van der Waals surface area contributed by atoms with Gasteiger partial charge in [-0.25, -0.2) is 5.43 Å². The van der Waals surface area contributed by atoms with E-state index in [0.29, 0.717) is 12.7 Å². The van der Waals surface area contributed by atoms with Crippen LogP contribution in [0.4, 0.5) is 0 Å². The van der Waals surface area contributed by atoms with Crippen molar-refractivity contribution in [2.45, 2.75) is 12.6 Å². The molecular weight excluding hydrogens is 318 g/mol. The number of fused-ring (bicyclic) bond motifs is 1. The van der Waals surface area contributed by atoms with Gasteiger partial charge in [0.15, 0.2) is 11.5 Å². The van der Waals surface area contributed by atoms with Gasteiger partial charge in [0.05, 0.1) is 13.2 Å². The molecule has 132 valence electrons. The summed E-state index contributed by atoms with van der Waals surface area (Å²) in [7, 11) is 1.69. The summed E-state index contributed by atoms with van der Waals surface area (Å²) in [6.07, 6.45) is 0. The van der Waals surface area contributed by atoms with E-state index in [9.17, 15) is 0 Å². The molecule has 3 N–H and O–H groups in total. The molecule has 4 rings (SSSR count). The van der Waals surface area contributed by atoms with Crippen LogP contribution in [0.15, 0.2) is 42.5 Å². The molecule has 6 nitrogen and oxygen atoms in total. The summed E-state index contributed by atoms with van der Waals surface area (Å²) in [5.41, 5.74) is 9.08. The van der Waals surface area contributed by atoms with Gasteiger partial charge in [-0.3, -0.25) is 5.43 Å². The monoisotopic (exact) mass is 341 g/mol. The van der Waals surface area contributed by atoms with Crippen molar-refractivity contribution in [2.75, 3.05) is 27.0 Å². The maximum absolute atomic E-state index is 5.50. The van der Waals surface area contributed by atoms with Crippen molar-refractivity contribution in [2.24, 2.45) is 5.92 Å². The molecule has 0 saturated carbocycles. The van der Waals surface area contributed by atoms with Crippen LogP contribution in [0.5, 0.6) is 17.2 Å². The standard InChI is InChI=1S/C19H23N3O3/c1-23-16-4-2-3-13(7-16)9-20-10-15-11-21-22-19(15)14-5-6-17-18(8-14)25-12-24-17/h2-8,15,19-22H,9-12H2,1H3. The van der Waals surface area contributed by atoms with Crippen LogP contribution in [0.1, 0.15) is 17.2 Å². The van der Waals surface area contributed by atoms with Gasteiger partial charge < -0.3 is 19.5 Å². The molecule has 2 heterocycles. The fraction of sp³-hybridized carbons (Fsp3) is 0.368. The SMILES string of the molecule is COc1cccc(CNCC2CNNC2c2ccc3c(c2)OCO3)c1. The number of hydrogen-bond acceptors (Lipinski definition) is 6. The highest BCUT2D eigenvalue weighted by atomic mass is 16.7. The van der Waals surface area contributed by atoms with Gasteiger partial charge in [0.1, 0.15) is 5.75 Å². The third kappa shape index (κ3) is 3.56. The number of rotatable bonds is 6. The predicted molar refractivity (Wildman–Crippen MR) is 94.6 cm³/mol. The second kappa shape index (κ2) is 7.31. The zero-order chi connectivity index (χ0) is 17.1. The molecule has 0 amide bonds. The Kier molecular flexibility index (Phi) is 4.74. The molecule has 0 bridgehead atoms. The number of nitrogens with one attached hydrogen (secondary N) is 3. The first-order valence-electron chi connectivity index (χ1n) is 8.55. The summed E-state index contributed by atoms with van der Waals surface area (Å²) in [5.74, 6) is 2.99. The normalized spacial score (nSPS) is 21.5. The van der Waals surface area contributed by atoms with Crippen LogP contribution in [-0.2, 0) is 6.54 Å². The zero-order valence-electron chi connectivity index (χ0n) is 14.2. The van der Waals surface area contributed by atoms with Crippen LogP contribution in [0.2, 0.25) is 0 Å². The molecule has 6 heteroatoms. The fourth-order valence-corrected chi connectivity index (χ4v) is 3.37. The Balaban J connectivity index is 1.37. The van der Waals surface area contributed by atoms with E-state index in [1.165, 1.54) is 11.1 Å². The molecule has 2 aliphatic heterocycles. The highest BCUT2D eigenvalue weighted by Gasteiger charge is 2.29. The maximum atomic E-state index is 5.50. The summed E-state index contributed by atoms with van der Waals surface area (Å²) in [6, 6.07) is 14.6. The third-order valence-corrected chi connectivity index (χ3v) is 4.72. The molecule has 2 atom stereocenters. The molecule has 1 fully saturated rings. The summed E-state index contributed by atoms with van der Waals surface area (Å²) in [6.45, 7) is 2.96. The van der Waals surface area contributed by atoms with E-state index in [2.05, 4.69) is 40.4 Å². The Hall–Kier alpha value is -2.28. The van der Waals surface area contributed by atoms with Gasteiger partial charge in [0.2, 0.25) is 6.79 Å². The molecule has 2 unspecified atom stereocenters. The number of hydrazine groups is 1. The van der Waals surface area contributed by atoms with Crippen molar-refractivity contribution in [3.05, 3.63) is 53.6 Å². The van der Waals surface area contributed by atoms with Crippen LogP contribution in [-0.4, -0.2) is 27.0 Å². The van der Waals surface area contributed by atoms with Crippen LogP contribution < -0.4 is 30.4 Å². The molecule has 0 radical (unpaired) electrons. The highest BCUT2D eigenvalue weighted by Crippen LogP contribution is 2.36. The van der Waals surface area contributed by atoms with Crippen molar-refractivity contribution < 1.29 is 14.2 Å². The van der Waals surface area contributed by atoms with E-state index in [-0.39, 0.29) is 6.04 Å². The summed E-state index contributed by atoms with van der Waals surface area (Å²) in [5, 5.41) is 3.56. The molecule has 0 aliphatic carbocycles. The van der Waals surface area contributed by atoms with Crippen LogP contribution in [0.3, 0.4) is 0 Å². The molecule has 2 aromatic carbocycles. The first kappa shape index (κ1) is 16.2. The number of hydrogen-bond donors (Lipinski definition) is 3. The van der Waals surface area contributed by atoms with Crippen molar-refractivity contribution in [3.8, 4) is 17.2 Å². The molecule has 0 spiro atoms. The summed E-state index contributed by atoms with van der Waals surface area (Å²) < 4.78 is 16.2. The van der Waals surface area contributed by atoms with Gasteiger partial charge in [-0.1, -0.05) is 18.2 Å². The van der Waals surface area contributed by atoms with Crippen molar-refractivity contribution in [3.63, 3.8) is 0 Å². The zero-order valence-corrected chi connectivity index (χ0v) is 14.2. The third-order valence-electron chi connectivity index (χ3n) is 4.72. The van der Waals surface area contributed by atoms with E-state index < -0.39 is 0 Å². The van der Waals surface area contributed by atoms with Gasteiger partial charge >= 0.3 is 0 Å². The fourth-order valence-electron chi connectivity index (χ4n) is 3.37. The quantitative estimate of drug-likeness (QED) is 0.747. The lowest BCUT2D eigenvalue weighted by Crippen LogP contribution is -2.28. The molecule has 0 aromatic heterocycles. The van der Waals surface area contributed by atoms with Gasteiger partial charge in [-0.05, 0) is 35.4 Å². The van der Waals surface area contributed by atoms with Crippen molar-refractivity contribution in [1.29, 1.82) is 0 Å². The molecule has 2 aliphatic rings. The lowest BCUT2D eigenvalue weighted by molar-refractivity contribution is 0.174. The average Bonchev–Trinajstić information content (AvgIpc) is 3.30. The number of benzene rings is 2. The Morgan fingerprint density at radius 3 is 3.00 bits per heavy atom. The van der Waals surface area contributed by atoms with E-state index in [0.717, 1.165) is 36.9 Å². The first-order chi connectivity index (χ1) is 12.3. The lowest BCUT2D eigenvalue weighted by Gasteiger charge is -2.19. The van der Waals surface area contributed by atoms with Crippen molar-refractivity contribution >= 4 is 0 Å². The topological polar surface area (TPSA) is 63.8 Å². The molecule has 25 heavy (non-hydrogen) atoms. The van der Waals surface area contributed by atoms with E-state index >= 15 is 0 Å². The molecule has 1 saturated heterocycles. The minimum Gasteiger partial charge on any atom is -0.497 e. The minimum atomic E-state index is 0.243. The number of ether oxygens (including phenoxy) is 3. The average molecular weight is 341 g/mol. The lowest BCUT2D eigenvalue weighted by atomic mass is 9.94. The summed E-state index contributed by atoms with van der Waals surface area (Å²) in [4.78, 5) is 0. The van der Waals surface area contributed by atoms with E-state index in [1.807, 2.05) is 18.2 Å². The Labute approximate surface area is 147 Å². The largest absolute Gasteiger partial charge is 0.497 e. The van der Waals surface area contributed by atoms with Gasteiger partial charge in [-0.15, -0.1) is 0 Å². The van der Waals surface area contributed by atoms with Crippen LogP contribution in [0.25, 0.3) is 0 Å². The smallest absolute Gasteiger partial charge is 0.231 e. The second-order valence-electron chi connectivity index (χ2n) is 6.36.